The topological polar surface area (TPSA) is 61.0 Å². The number of hydrogen-bond donors (Lipinski definition) is 2. The number of hydrogen-bond acceptors (Lipinski definition) is 4. The van der Waals surface area contributed by atoms with Gasteiger partial charge in [0, 0.05) is 23.8 Å². The molecule has 1 aliphatic heterocycles. The second-order valence-electron chi connectivity index (χ2n) is 8.13. The van der Waals surface area contributed by atoms with Gasteiger partial charge in [0.1, 0.15) is 0 Å². The molecule has 0 aromatic carbocycles. The number of carbonyl (C=O) groups excluding carboxylic acids is 1. The first-order chi connectivity index (χ1) is 12.8. The molecule has 1 amide bonds. The van der Waals surface area contributed by atoms with Crippen molar-refractivity contribution in [2.45, 2.75) is 57.5 Å². The van der Waals surface area contributed by atoms with Gasteiger partial charge in [0.15, 0.2) is 5.69 Å². The minimum absolute atomic E-state index is 0.135. The van der Waals surface area contributed by atoms with E-state index >= 15 is 0 Å². The van der Waals surface area contributed by atoms with E-state index in [4.69, 9.17) is 0 Å². The Balaban J connectivity index is 1.44. The number of carbonyl (C=O) groups is 1. The molecule has 2 aromatic rings. The molecule has 2 N–H and O–H groups in total. The monoisotopic (exact) mass is 370 g/mol. The predicted octanol–water partition coefficient (Wildman–Crippen LogP) is 3.13. The maximum Gasteiger partial charge on any atom is 0.275 e. The Hall–Kier alpha value is -1.66. The number of piperidine rings is 1. The molecule has 0 bridgehead atoms. The van der Waals surface area contributed by atoms with Crippen molar-refractivity contribution in [3.8, 4) is 0 Å². The first-order valence-electron chi connectivity index (χ1n) is 9.86. The predicted molar refractivity (Wildman–Crippen MR) is 102 cm³/mol. The zero-order valence-electron chi connectivity index (χ0n) is 15.1. The Morgan fingerprint density at radius 2 is 2.15 bits per heavy atom. The first-order valence-corrected chi connectivity index (χ1v) is 10.8. The van der Waals surface area contributed by atoms with E-state index in [1.54, 1.807) is 11.3 Å². The van der Waals surface area contributed by atoms with E-state index < -0.39 is 0 Å². The number of H-pyrrole nitrogens is 1. The molecule has 6 heteroatoms. The van der Waals surface area contributed by atoms with Crippen LogP contribution in [0.4, 0.5) is 0 Å². The fourth-order valence-electron chi connectivity index (χ4n) is 4.93. The van der Waals surface area contributed by atoms with Crippen molar-refractivity contribution in [2.75, 3.05) is 13.1 Å². The molecule has 1 saturated heterocycles. The number of rotatable bonds is 4. The third-order valence-electron chi connectivity index (χ3n) is 6.57. The van der Waals surface area contributed by atoms with Crippen molar-refractivity contribution in [1.82, 2.24) is 20.4 Å². The third kappa shape index (κ3) is 2.79. The Bertz CT molecular complexity index is 791. The largest absolute Gasteiger partial charge is 0.329 e. The molecule has 1 spiro atoms. The van der Waals surface area contributed by atoms with Crippen LogP contribution in [0.15, 0.2) is 16.8 Å². The molecule has 0 radical (unpaired) electrons. The molecule has 1 saturated carbocycles. The minimum atomic E-state index is 0.135. The normalized spacial score (nSPS) is 23.6. The zero-order valence-corrected chi connectivity index (χ0v) is 15.9. The smallest absolute Gasteiger partial charge is 0.275 e. The molecule has 1 atom stereocenters. The molecule has 3 aliphatic rings. The second-order valence-corrected chi connectivity index (χ2v) is 8.91. The Morgan fingerprint density at radius 3 is 2.96 bits per heavy atom. The maximum atomic E-state index is 13.5. The fourth-order valence-corrected chi connectivity index (χ4v) is 5.59. The number of aromatic amines is 1. The van der Waals surface area contributed by atoms with Gasteiger partial charge in [-0.2, -0.15) is 16.4 Å². The van der Waals surface area contributed by atoms with Crippen molar-refractivity contribution >= 4 is 17.2 Å². The van der Waals surface area contributed by atoms with Crippen LogP contribution < -0.4 is 5.32 Å². The highest BCUT2D eigenvalue weighted by Gasteiger charge is 2.58. The van der Waals surface area contributed by atoms with E-state index in [0.717, 1.165) is 38.8 Å². The first kappa shape index (κ1) is 16.5. The van der Waals surface area contributed by atoms with Crippen LogP contribution in [-0.4, -0.2) is 40.1 Å². The molecule has 2 fully saturated rings. The number of amides is 1. The number of nitrogens with zero attached hydrogens (tertiary/aromatic N) is 2. The molecular weight excluding hydrogens is 344 g/mol. The highest BCUT2D eigenvalue weighted by molar-refractivity contribution is 7.07. The van der Waals surface area contributed by atoms with Crippen LogP contribution >= 0.6 is 11.3 Å². The van der Waals surface area contributed by atoms with Crippen LogP contribution in [0.1, 0.15) is 59.4 Å². The van der Waals surface area contributed by atoms with Gasteiger partial charge in [-0.15, -0.1) is 0 Å². The molecule has 26 heavy (non-hydrogen) atoms. The van der Waals surface area contributed by atoms with Gasteiger partial charge < -0.3 is 10.2 Å². The summed E-state index contributed by atoms with van der Waals surface area (Å²) in [6, 6.07) is 2.51. The molecule has 5 nitrogen and oxygen atoms in total. The van der Waals surface area contributed by atoms with Crippen molar-refractivity contribution < 1.29 is 4.79 Å². The number of thiophene rings is 1. The van der Waals surface area contributed by atoms with Crippen LogP contribution in [0.25, 0.3) is 0 Å². The average Bonchev–Trinajstić information content (AvgIpc) is 3.08. The standard InChI is InChI=1S/C20H26N4OS/c25-19(18-15-3-1-2-4-16(15)22-23-18)24(12-14-5-10-26-13-14)17-11-20(17)6-8-21-9-7-20/h5,10,13,17,21H,1-4,6-9,11-12H2,(H,22,23)/t17-/m1/s1. The lowest BCUT2D eigenvalue weighted by molar-refractivity contribution is 0.0685. The van der Waals surface area contributed by atoms with Crippen LogP contribution in [0.5, 0.6) is 0 Å². The van der Waals surface area contributed by atoms with Crippen molar-refractivity contribution in [3.05, 3.63) is 39.3 Å². The second kappa shape index (κ2) is 6.50. The lowest BCUT2D eigenvalue weighted by atomic mass is 9.93. The molecule has 2 aromatic heterocycles. The summed E-state index contributed by atoms with van der Waals surface area (Å²) in [7, 11) is 0. The lowest BCUT2D eigenvalue weighted by Crippen LogP contribution is -2.39. The Kier molecular flexibility index (Phi) is 4.13. The quantitative estimate of drug-likeness (QED) is 0.869. The molecule has 5 rings (SSSR count). The van der Waals surface area contributed by atoms with Crippen LogP contribution in [-0.2, 0) is 19.4 Å². The summed E-state index contributed by atoms with van der Waals surface area (Å²) in [5.74, 6) is 0.135. The maximum absolute atomic E-state index is 13.5. The van der Waals surface area contributed by atoms with Gasteiger partial charge in [-0.3, -0.25) is 9.89 Å². The molecule has 0 unspecified atom stereocenters. The van der Waals surface area contributed by atoms with Gasteiger partial charge in [0.2, 0.25) is 0 Å². The molecule has 138 valence electrons. The van der Waals surface area contributed by atoms with Gasteiger partial charge in [-0.25, -0.2) is 0 Å². The van der Waals surface area contributed by atoms with E-state index in [-0.39, 0.29) is 5.91 Å². The van der Waals surface area contributed by atoms with Crippen molar-refractivity contribution in [2.24, 2.45) is 5.41 Å². The zero-order chi connectivity index (χ0) is 17.6. The van der Waals surface area contributed by atoms with Gasteiger partial charge in [0.05, 0.1) is 0 Å². The lowest BCUT2D eigenvalue weighted by Gasteiger charge is -2.29. The summed E-state index contributed by atoms with van der Waals surface area (Å²) in [6.07, 6.45) is 7.89. The minimum Gasteiger partial charge on any atom is -0.329 e. The summed E-state index contributed by atoms with van der Waals surface area (Å²) in [5.41, 5.74) is 4.63. The van der Waals surface area contributed by atoms with Crippen molar-refractivity contribution in [3.63, 3.8) is 0 Å². The number of nitrogens with one attached hydrogen (secondary N) is 2. The van der Waals surface area contributed by atoms with E-state index in [2.05, 4.69) is 37.2 Å². The van der Waals surface area contributed by atoms with E-state index in [1.165, 1.54) is 36.1 Å². The molecular formula is C20H26N4OS. The average molecular weight is 371 g/mol. The Morgan fingerprint density at radius 1 is 1.31 bits per heavy atom. The van der Waals surface area contributed by atoms with E-state index in [1.807, 2.05) is 0 Å². The van der Waals surface area contributed by atoms with Crippen LogP contribution in [0, 0.1) is 5.41 Å². The van der Waals surface area contributed by atoms with Crippen LogP contribution in [0.3, 0.4) is 0 Å². The summed E-state index contributed by atoms with van der Waals surface area (Å²) in [5, 5.41) is 15.3. The van der Waals surface area contributed by atoms with Gasteiger partial charge in [-0.1, -0.05) is 0 Å². The number of aryl methyl sites for hydroxylation is 1. The molecule has 3 heterocycles. The van der Waals surface area contributed by atoms with E-state index in [0.29, 0.717) is 23.7 Å². The van der Waals surface area contributed by atoms with Gasteiger partial charge >= 0.3 is 0 Å². The third-order valence-corrected chi connectivity index (χ3v) is 7.31. The summed E-state index contributed by atoms with van der Waals surface area (Å²) >= 11 is 1.70. The molecule has 2 aliphatic carbocycles. The highest BCUT2D eigenvalue weighted by Crippen LogP contribution is 2.56. The van der Waals surface area contributed by atoms with Crippen molar-refractivity contribution in [1.29, 1.82) is 0 Å². The number of aromatic nitrogens is 2. The van der Waals surface area contributed by atoms with Gasteiger partial charge in [0.25, 0.3) is 5.91 Å². The fraction of sp³-hybridized carbons (Fsp3) is 0.600. The number of fused-ring (bicyclic) bond motifs is 1. The van der Waals surface area contributed by atoms with Crippen LogP contribution in [0.2, 0.25) is 0 Å². The summed E-state index contributed by atoms with van der Waals surface area (Å²) < 4.78 is 0. The summed E-state index contributed by atoms with van der Waals surface area (Å²) in [6.45, 7) is 2.87. The van der Waals surface area contributed by atoms with E-state index in [9.17, 15) is 4.79 Å². The summed E-state index contributed by atoms with van der Waals surface area (Å²) in [4.78, 5) is 15.7. The SMILES string of the molecule is O=C(c1n[nH]c2c1CCCC2)N(Cc1ccsc1)[C@@H]1CC12CCNCC2. The Labute approximate surface area is 158 Å². The van der Waals surface area contributed by atoms with Gasteiger partial charge in [-0.05, 0) is 85.8 Å². The highest BCUT2D eigenvalue weighted by atomic mass is 32.1.